The second-order valence-corrected chi connectivity index (χ2v) is 15.9. The van der Waals surface area contributed by atoms with E-state index in [0.717, 1.165) is 44.9 Å². The Hall–Kier alpha value is -1.90. The van der Waals surface area contributed by atoms with Crippen LogP contribution < -0.4 is 0 Å². The molecule has 1 aliphatic heterocycles. The average Bonchev–Trinajstić information content (AvgIpc) is 3.67. The molecule has 51 heavy (non-hydrogen) atoms. The maximum absolute atomic E-state index is 6.94. The molecule has 2 heteroatoms. The smallest absolute Gasteiger partial charge is 0.169 e. The summed E-state index contributed by atoms with van der Waals surface area (Å²) in [4.78, 5) is 0. The molecule has 0 N–H and O–H groups in total. The van der Waals surface area contributed by atoms with Gasteiger partial charge in [0.15, 0.2) is 5.79 Å². The van der Waals surface area contributed by atoms with Crippen LogP contribution >= 0.6 is 0 Å². The lowest BCUT2D eigenvalue weighted by Crippen LogP contribution is -2.32. The number of fused-ring (bicyclic) bond motifs is 1. The van der Waals surface area contributed by atoms with Crippen molar-refractivity contribution in [2.45, 2.75) is 218 Å². The number of hydrogen-bond donors (Lipinski definition) is 0. The molecule has 2 atom stereocenters. The third-order valence-electron chi connectivity index (χ3n) is 11.2. The summed E-state index contributed by atoms with van der Waals surface area (Å²) >= 11 is 0. The average molecular weight is 701 g/mol. The van der Waals surface area contributed by atoms with E-state index >= 15 is 0 Å². The Balaban J connectivity index is 1.28. The van der Waals surface area contributed by atoms with Crippen LogP contribution in [0, 0.1) is 5.92 Å². The van der Waals surface area contributed by atoms with Gasteiger partial charge in [-0.3, -0.25) is 0 Å². The largest absolute Gasteiger partial charge is 0.344 e. The minimum absolute atomic E-state index is 0.299. The Bertz CT molecular complexity index is 987. The number of hydrogen-bond acceptors (Lipinski definition) is 2. The van der Waals surface area contributed by atoms with Crippen molar-refractivity contribution < 1.29 is 9.47 Å². The minimum atomic E-state index is -0.322. The summed E-state index contributed by atoms with van der Waals surface area (Å²) in [6.45, 7) is 4.54. The van der Waals surface area contributed by atoms with Gasteiger partial charge in [-0.15, -0.1) is 0 Å². The van der Waals surface area contributed by atoms with Crippen molar-refractivity contribution in [3.8, 4) is 0 Å². The van der Waals surface area contributed by atoms with Gasteiger partial charge in [0, 0.05) is 12.8 Å². The molecular weight excluding hydrogens is 621 g/mol. The predicted octanol–water partition coefficient (Wildman–Crippen LogP) is 15.5. The second-order valence-electron chi connectivity index (χ2n) is 15.9. The van der Waals surface area contributed by atoms with Crippen LogP contribution in [-0.4, -0.2) is 18.0 Å². The van der Waals surface area contributed by atoms with Crippen molar-refractivity contribution >= 4 is 0 Å². The number of ether oxygens (including phenoxy) is 2. The molecule has 1 aromatic rings. The summed E-state index contributed by atoms with van der Waals surface area (Å²) in [6, 6.07) is 11.0. The van der Waals surface area contributed by atoms with E-state index in [-0.39, 0.29) is 5.79 Å². The van der Waals surface area contributed by atoms with E-state index in [1.807, 2.05) is 0 Å². The maximum atomic E-state index is 6.94. The van der Waals surface area contributed by atoms with Crippen molar-refractivity contribution in [3.63, 3.8) is 0 Å². The van der Waals surface area contributed by atoms with E-state index in [9.17, 15) is 0 Å². The number of allylic oxidation sites excluding steroid dienone is 8. The van der Waals surface area contributed by atoms with Crippen LogP contribution in [-0.2, 0) is 15.9 Å². The van der Waals surface area contributed by atoms with Gasteiger partial charge in [-0.25, -0.2) is 0 Å². The van der Waals surface area contributed by atoms with E-state index in [2.05, 4.69) is 92.8 Å². The zero-order chi connectivity index (χ0) is 35.9. The summed E-state index contributed by atoms with van der Waals surface area (Å²) in [6.07, 6.45) is 56.2. The molecule has 0 radical (unpaired) electrons. The first-order valence-electron chi connectivity index (χ1n) is 22.2. The van der Waals surface area contributed by atoms with Crippen LogP contribution in [0.25, 0.3) is 0 Å². The Morgan fingerprint density at radius 3 is 1.31 bits per heavy atom. The molecule has 0 bridgehead atoms. The molecule has 3 rings (SSSR count). The van der Waals surface area contributed by atoms with E-state index < -0.39 is 0 Å². The standard InChI is InChI=1S/C49H80O2/c1-3-5-7-9-11-13-15-17-19-21-23-25-27-29-31-36-40-49(50-47-43-46(44-48(47)51-49)42-45-38-34-33-35-39-45)41-37-32-30-28-26-24-22-20-18-16-14-12-10-8-6-4-2/h11-14,17-20,33-35,38-39,46-48H,3-10,15-16,21-32,36-37,40-44H2,1-2H3/b13-11-,14-12-,19-17-,20-18-. The third-order valence-corrected chi connectivity index (χ3v) is 11.2. The summed E-state index contributed by atoms with van der Waals surface area (Å²) in [5, 5.41) is 0. The molecule has 2 fully saturated rings. The lowest BCUT2D eigenvalue weighted by molar-refractivity contribution is -0.192. The molecule has 2 unspecified atom stereocenters. The SMILES string of the molecule is CCCCC/C=C\C/C=C\CCCCCCCCC1(CCCCCCCC/C=C\C/C=C\CCCCC)OC2CC(Cc3ccccc3)CC2O1. The topological polar surface area (TPSA) is 18.5 Å². The van der Waals surface area contributed by atoms with Crippen molar-refractivity contribution in [1.82, 2.24) is 0 Å². The molecule has 1 aliphatic carbocycles. The van der Waals surface area contributed by atoms with E-state index in [4.69, 9.17) is 9.47 Å². The highest BCUT2D eigenvalue weighted by Crippen LogP contribution is 2.46. The quantitative estimate of drug-likeness (QED) is 0.0550. The molecule has 0 amide bonds. The first-order chi connectivity index (χ1) is 25.2. The Morgan fingerprint density at radius 1 is 0.490 bits per heavy atom. The summed E-state index contributed by atoms with van der Waals surface area (Å²) in [5.41, 5.74) is 1.46. The molecule has 2 aliphatic rings. The fourth-order valence-electron chi connectivity index (χ4n) is 8.12. The monoisotopic (exact) mass is 701 g/mol. The normalized spacial score (nSPS) is 20.2. The molecule has 1 heterocycles. The molecule has 288 valence electrons. The molecule has 2 nitrogen and oxygen atoms in total. The van der Waals surface area contributed by atoms with Crippen molar-refractivity contribution in [2.75, 3.05) is 0 Å². The highest BCUT2D eigenvalue weighted by Gasteiger charge is 2.50. The van der Waals surface area contributed by atoms with Gasteiger partial charge in [-0.05, 0) is 108 Å². The fourth-order valence-corrected chi connectivity index (χ4v) is 8.12. The Morgan fingerprint density at radius 2 is 0.882 bits per heavy atom. The van der Waals surface area contributed by atoms with Gasteiger partial charge < -0.3 is 9.47 Å². The second kappa shape index (κ2) is 29.5. The van der Waals surface area contributed by atoms with Crippen LogP contribution in [0.15, 0.2) is 78.9 Å². The first kappa shape index (κ1) is 43.5. The molecule has 1 saturated carbocycles. The maximum Gasteiger partial charge on any atom is 0.169 e. The number of rotatable bonds is 32. The van der Waals surface area contributed by atoms with Crippen LogP contribution in [0.2, 0.25) is 0 Å². The van der Waals surface area contributed by atoms with Crippen LogP contribution in [0.4, 0.5) is 0 Å². The van der Waals surface area contributed by atoms with Crippen molar-refractivity contribution in [1.29, 1.82) is 0 Å². The van der Waals surface area contributed by atoms with Crippen molar-refractivity contribution in [2.24, 2.45) is 5.92 Å². The minimum Gasteiger partial charge on any atom is -0.344 e. The highest BCUT2D eigenvalue weighted by atomic mass is 16.8. The van der Waals surface area contributed by atoms with Gasteiger partial charge in [0.25, 0.3) is 0 Å². The zero-order valence-corrected chi connectivity index (χ0v) is 33.6. The molecule has 1 aromatic carbocycles. The van der Waals surface area contributed by atoms with Crippen LogP contribution in [0.5, 0.6) is 0 Å². The summed E-state index contributed by atoms with van der Waals surface area (Å²) in [7, 11) is 0. The molecule has 0 aromatic heterocycles. The van der Waals surface area contributed by atoms with Crippen LogP contribution in [0.1, 0.15) is 199 Å². The van der Waals surface area contributed by atoms with E-state index in [0.29, 0.717) is 18.1 Å². The molecule has 0 spiro atoms. The molecular formula is C49H80O2. The number of unbranched alkanes of at least 4 members (excludes halogenated alkanes) is 18. The van der Waals surface area contributed by atoms with E-state index in [1.54, 1.807) is 0 Å². The van der Waals surface area contributed by atoms with Gasteiger partial charge in [0.2, 0.25) is 0 Å². The lowest BCUT2D eigenvalue weighted by Gasteiger charge is -2.30. The number of benzene rings is 1. The summed E-state index contributed by atoms with van der Waals surface area (Å²) in [5.74, 6) is 0.362. The van der Waals surface area contributed by atoms with Gasteiger partial charge in [0.05, 0.1) is 12.2 Å². The van der Waals surface area contributed by atoms with Crippen molar-refractivity contribution in [3.05, 3.63) is 84.5 Å². The molecule has 1 saturated heterocycles. The third kappa shape index (κ3) is 20.8. The lowest BCUT2D eigenvalue weighted by atomic mass is 9.96. The van der Waals surface area contributed by atoms with E-state index in [1.165, 1.54) is 147 Å². The highest BCUT2D eigenvalue weighted by molar-refractivity contribution is 5.16. The predicted molar refractivity (Wildman–Crippen MR) is 223 cm³/mol. The van der Waals surface area contributed by atoms with Crippen LogP contribution in [0.3, 0.4) is 0 Å². The van der Waals surface area contributed by atoms with Gasteiger partial charge in [-0.1, -0.05) is 170 Å². The Kier molecular flexibility index (Phi) is 25.2. The van der Waals surface area contributed by atoms with Gasteiger partial charge >= 0.3 is 0 Å². The van der Waals surface area contributed by atoms with Gasteiger partial charge in [0.1, 0.15) is 0 Å². The fraction of sp³-hybridized carbons (Fsp3) is 0.714. The van der Waals surface area contributed by atoms with Gasteiger partial charge in [-0.2, -0.15) is 0 Å². The first-order valence-corrected chi connectivity index (χ1v) is 22.2. The Labute approximate surface area is 317 Å². The summed E-state index contributed by atoms with van der Waals surface area (Å²) < 4.78 is 13.9. The zero-order valence-electron chi connectivity index (χ0n) is 33.6.